The van der Waals surface area contributed by atoms with Crippen LogP contribution >= 0.6 is 0 Å². The summed E-state index contributed by atoms with van der Waals surface area (Å²) in [5.41, 5.74) is 6.11. The first-order valence-corrected chi connectivity index (χ1v) is 9.52. The zero-order chi connectivity index (χ0) is 20.1. The Hall–Kier alpha value is -2.14. The number of nitrogens with one attached hydrogen (secondary N) is 2. The number of hydrogen-bond donors (Lipinski definition) is 5. The van der Waals surface area contributed by atoms with E-state index in [0.717, 1.165) is 19.4 Å². The number of rotatable bonds is 7. The lowest BCUT2D eigenvalue weighted by Gasteiger charge is -2.31. The molecule has 2 aliphatic rings. The number of ether oxygens (including phenoxy) is 1. The third-order valence-electron chi connectivity index (χ3n) is 5.06. The molecule has 2 heterocycles. The Bertz CT molecular complexity index is 711. The van der Waals surface area contributed by atoms with Crippen molar-refractivity contribution in [1.29, 1.82) is 0 Å². The van der Waals surface area contributed by atoms with Crippen LogP contribution in [0.3, 0.4) is 0 Å². The van der Waals surface area contributed by atoms with Crippen molar-refractivity contribution >= 4 is 19.0 Å². The van der Waals surface area contributed by atoms with Gasteiger partial charge in [-0.2, -0.15) is 0 Å². The van der Waals surface area contributed by atoms with E-state index < -0.39 is 19.0 Å². The molecule has 28 heavy (non-hydrogen) atoms. The zero-order valence-electron chi connectivity index (χ0n) is 15.6. The second kappa shape index (κ2) is 9.38. The van der Waals surface area contributed by atoms with Crippen molar-refractivity contribution in [2.45, 2.75) is 43.8 Å². The number of amides is 1. The number of carboxylic acids is 1. The Morgan fingerprint density at radius 3 is 2.82 bits per heavy atom. The van der Waals surface area contributed by atoms with Crippen molar-refractivity contribution in [3.05, 3.63) is 29.3 Å². The number of para-hydroxylation sites is 1. The molecule has 10 heteroatoms. The van der Waals surface area contributed by atoms with Gasteiger partial charge in [0.15, 0.2) is 0 Å². The lowest BCUT2D eigenvalue weighted by molar-refractivity contribution is -0.125. The first kappa shape index (κ1) is 20.6. The fourth-order valence-corrected chi connectivity index (χ4v) is 3.60. The number of hydrogen-bond acceptors (Lipinski definition) is 7. The molecule has 1 fully saturated rings. The van der Waals surface area contributed by atoms with Gasteiger partial charge < -0.3 is 35.9 Å². The molecule has 3 rings (SSSR count). The van der Waals surface area contributed by atoms with E-state index in [2.05, 4.69) is 10.6 Å². The van der Waals surface area contributed by atoms with Gasteiger partial charge >= 0.3 is 13.1 Å². The molecule has 0 saturated carbocycles. The SMILES string of the molecule is NCCNC1CCC(CC(=O)N[C@H]2Cc3cccc(C(=O)O)c3OB2O)OC1. The first-order chi connectivity index (χ1) is 13.5. The van der Waals surface area contributed by atoms with E-state index >= 15 is 0 Å². The molecule has 0 bridgehead atoms. The Labute approximate surface area is 163 Å². The van der Waals surface area contributed by atoms with Crippen LogP contribution in [0, 0.1) is 0 Å². The Morgan fingerprint density at radius 2 is 2.14 bits per heavy atom. The van der Waals surface area contributed by atoms with Gasteiger partial charge in [-0.25, -0.2) is 4.79 Å². The predicted octanol–water partition coefficient (Wildman–Crippen LogP) is -0.690. The maximum Gasteiger partial charge on any atom is 0.547 e. The van der Waals surface area contributed by atoms with Crippen molar-refractivity contribution in [2.75, 3.05) is 19.7 Å². The number of benzene rings is 1. The summed E-state index contributed by atoms with van der Waals surface area (Å²) in [7, 11) is -1.31. The molecule has 0 radical (unpaired) electrons. The number of carbonyl (C=O) groups excluding carboxylic acids is 1. The largest absolute Gasteiger partial charge is 0.547 e. The smallest absolute Gasteiger partial charge is 0.534 e. The monoisotopic (exact) mass is 391 g/mol. The van der Waals surface area contributed by atoms with Crippen LogP contribution in [0.4, 0.5) is 0 Å². The Balaban J connectivity index is 1.51. The number of carboxylic acid groups (broad SMARTS) is 1. The van der Waals surface area contributed by atoms with Gasteiger partial charge in [-0.1, -0.05) is 12.1 Å². The second-order valence-corrected chi connectivity index (χ2v) is 7.16. The highest BCUT2D eigenvalue weighted by atomic mass is 16.5. The lowest BCUT2D eigenvalue weighted by Crippen LogP contribution is -2.53. The summed E-state index contributed by atoms with van der Waals surface area (Å²) in [5, 5.41) is 25.5. The highest BCUT2D eigenvalue weighted by Crippen LogP contribution is 2.30. The third-order valence-corrected chi connectivity index (χ3v) is 5.06. The average molecular weight is 391 g/mol. The summed E-state index contributed by atoms with van der Waals surface area (Å²) < 4.78 is 11.1. The van der Waals surface area contributed by atoms with Crippen molar-refractivity contribution < 1.29 is 29.1 Å². The number of aromatic carboxylic acids is 1. The van der Waals surface area contributed by atoms with Crippen molar-refractivity contribution in [3.8, 4) is 5.75 Å². The van der Waals surface area contributed by atoms with Gasteiger partial charge in [-0.15, -0.1) is 0 Å². The van der Waals surface area contributed by atoms with E-state index in [1.54, 1.807) is 12.1 Å². The van der Waals surface area contributed by atoms with E-state index in [9.17, 15) is 19.7 Å². The second-order valence-electron chi connectivity index (χ2n) is 7.16. The normalized spacial score (nSPS) is 24.2. The zero-order valence-corrected chi connectivity index (χ0v) is 15.6. The van der Waals surface area contributed by atoms with Crippen LogP contribution in [-0.4, -0.2) is 66.9 Å². The average Bonchev–Trinajstić information content (AvgIpc) is 2.67. The quantitative estimate of drug-likeness (QED) is 0.385. The number of nitrogens with two attached hydrogens (primary N) is 1. The summed E-state index contributed by atoms with van der Waals surface area (Å²) in [5.74, 6) is -1.85. The molecular formula is C18H26BN3O6. The Kier molecular flexibility index (Phi) is 6.90. The fraction of sp³-hybridized carbons (Fsp3) is 0.556. The van der Waals surface area contributed by atoms with Crippen molar-refractivity contribution in [1.82, 2.24) is 10.6 Å². The predicted molar refractivity (Wildman–Crippen MR) is 102 cm³/mol. The van der Waals surface area contributed by atoms with E-state index in [1.807, 2.05) is 0 Å². The van der Waals surface area contributed by atoms with Crippen molar-refractivity contribution in [2.24, 2.45) is 5.73 Å². The molecule has 1 saturated heterocycles. The molecule has 152 valence electrons. The molecule has 6 N–H and O–H groups in total. The van der Waals surface area contributed by atoms with Crippen LogP contribution in [0.2, 0.25) is 0 Å². The van der Waals surface area contributed by atoms with Gasteiger partial charge in [0.05, 0.1) is 30.6 Å². The fourth-order valence-electron chi connectivity index (χ4n) is 3.60. The highest BCUT2D eigenvalue weighted by Gasteiger charge is 2.38. The molecule has 1 amide bonds. The first-order valence-electron chi connectivity index (χ1n) is 9.52. The van der Waals surface area contributed by atoms with Crippen LogP contribution in [-0.2, 0) is 16.0 Å². The van der Waals surface area contributed by atoms with Crippen LogP contribution in [0.5, 0.6) is 5.75 Å². The topological polar surface area (TPSA) is 143 Å². The number of carbonyl (C=O) groups is 2. The highest BCUT2D eigenvalue weighted by molar-refractivity contribution is 6.47. The molecule has 0 aliphatic carbocycles. The van der Waals surface area contributed by atoms with E-state index in [1.165, 1.54) is 6.07 Å². The van der Waals surface area contributed by atoms with Gasteiger partial charge in [-0.3, -0.25) is 4.79 Å². The van der Waals surface area contributed by atoms with Crippen LogP contribution in [0.25, 0.3) is 0 Å². The summed E-state index contributed by atoms with van der Waals surface area (Å²) >= 11 is 0. The van der Waals surface area contributed by atoms with Crippen LogP contribution in [0.15, 0.2) is 18.2 Å². The molecular weight excluding hydrogens is 365 g/mol. The van der Waals surface area contributed by atoms with Gasteiger partial charge in [-0.05, 0) is 30.9 Å². The third kappa shape index (κ3) is 5.02. The molecule has 1 aromatic carbocycles. The number of fused-ring (bicyclic) bond motifs is 1. The summed E-state index contributed by atoms with van der Waals surface area (Å²) in [6, 6.07) is 5.03. The standard InChI is InChI=1S/C18H26BN3O6/c20-6-7-21-12-4-5-13(27-10-12)9-16(23)22-15-8-11-2-1-3-14(18(24)25)17(11)28-19(15)26/h1-3,12-13,15,21,26H,4-10,20H2,(H,22,23)(H,24,25)/t12?,13?,15-/m0/s1. The Morgan fingerprint density at radius 1 is 1.32 bits per heavy atom. The minimum atomic E-state index is -1.31. The van der Waals surface area contributed by atoms with E-state index in [0.29, 0.717) is 25.1 Å². The summed E-state index contributed by atoms with van der Waals surface area (Å²) in [6.07, 6.45) is 2.01. The summed E-state index contributed by atoms with van der Waals surface area (Å²) in [4.78, 5) is 23.7. The van der Waals surface area contributed by atoms with Crippen LogP contribution in [0.1, 0.15) is 35.2 Å². The molecule has 9 nitrogen and oxygen atoms in total. The van der Waals surface area contributed by atoms with E-state index in [-0.39, 0.29) is 35.8 Å². The van der Waals surface area contributed by atoms with Gasteiger partial charge in [0.1, 0.15) is 5.75 Å². The minimum absolute atomic E-state index is 0.00488. The maximum absolute atomic E-state index is 12.4. The van der Waals surface area contributed by atoms with Gasteiger partial charge in [0, 0.05) is 19.1 Å². The van der Waals surface area contributed by atoms with Crippen LogP contribution < -0.4 is 21.0 Å². The summed E-state index contributed by atoms with van der Waals surface area (Å²) in [6.45, 7) is 1.85. The molecule has 3 atom stereocenters. The van der Waals surface area contributed by atoms with Crippen molar-refractivity contribution in [3.63, 3.8) is 0 Å². The molecule has 1 aromatic rings. The molecule has 0 spiro atoms. The minimum Gasteiger partial charge on any atom is -0.534 e. The lowest BCUT2D eigenvalue weighted by atomic mass is 9.72. The maximum atomic E-state index is 12.4. The molecule has 2 unspecified atom stereocenters. The van der Waals surface area contributed by atoms with Gasteiger partial charge in [0.2, 0.25) is 5.91 Å². The van der Waals surface area contributed by atoms with E-state index in [4.69, 9.17) is 15.1 Å². The van der Waals surface area contributed by atoms with Gasteiger partial charge in [0.25, 0.3) is 0 Å². The molecule has 0 aromatic heterocycles. The molecule has 2 aliphatic heterocycles.